The van der Waals surface area contributed by atoms with Gasteiger partial charge in [-0.2, -0.15) is 0 Å². The molecule has 3 aromatic rings. The van der Waals surface area contributed by atoms with Gasteiger partial charge in [0.1, 0.15) is 0 Å². The molecule has 1 saturated heterocycles. The van der Waals surface area contributed by atoms with Crippen LogP contribution >= 0.6 is 0 Å². The van der Waals surface area contributed by atoms with Crippen molar-refractivity contribution >= 4 is 16.7 Å². The molecule has 1 amide bonds. The van der Waals surface area contributed by atoms with E-state index in [1.165, 1.54) is 16.3 Å². The SMILES string of the molecule is O=C(NCCc1cccc2ccccc12)c1cn(C2CCNCC2)nn1. The summed E-state index contributed by atoms with van der Waals surface area (Å²) in [5.41, 5.74) is 1.63. The van der Waals surface area contributed by atoms with E-state index in [0.717, 1.165) is 32.4 Å². The Balaban J connectivity index is 1.36. The van der Waals surface area contributed by atoms with E-state index in [9.17, 15) is 4.79 Å². The third kappa shape index (κ3) is 3.60. The van der Waals surface area contributed by atoms with E-state index in [2.05, 4.69) is 51.3 Å². The number of piperidine rings is 1. The number of aromatic nitrogens is 3. The predicted molar refractivity (Wildman–Crippen MR) is 101 cm³/mol. The highest BCUT2D eigenvalue weighted by Crippen LogP contribution is 2.19. The average molecular weight is 349 g/mol. The van der Waals surface area contributed by atoms with Gasteiger partial charge in [0, 0.05) is 6.54 Å². The highest BCUT2D eigenvalue weighted by molar-refractivity contribution is 5.92. The van der Waals surface area contributed by atoms with Crippen molar-refractivity contribution in [1.29, 1.82) is 0 Å². The molecule has 0 radical (unpaired) electrons. The fourth-order valence-electron chi connectivity index (χ4n) is 3.54. The molecular weight excluding hydrogens is 326 g/mol. The van der Waals surface area contributed by atoms with Crippen LogP contribution in [0.2, 0.25) is 0 Å². The van der Waals surface area contributed by atoms with Crippen LogP contribution in [-0.4, -0.2) is 40.5 Å². The van der Waals surface area contributed by atoms with E-state index in [0.29, 0.717) is 18.3 Å². The van der Waals surface area contributed by atoms with Crippen molar-refractivity contribution in [3.63, 3.8) is 0 Å². The highest BCUT2D eigenvalue weighted by atomic mass is 16.2. The van der Waals surface area contributed by atoms with Gasteiger partial charge >= 0.3 is 0 Å². The maximum atomic E-state index is 12.4. The molecule has 0 aliphatic carbocycles. The van der Waals surface area contributed by atoms with Crippen LogP contribution in [0.1, 0.15) is 34.9 Å². The molecule has 0 saturated carbocycles. The monoisotopic (exact) mass is 349 g/mol. The number of nitrogens with one attached hydrogen (secondary N) is 2. The summed E-state index contributed by atoms with van der Waals surface area (Å²) in [5.74, 6) is -0.162. The molecular formula is C20H23N5O. The fraction of sp³-hybridized carbons (Fsp3) is 0.350. The first-order chi connectivity index (χ1) is 12.8. The number of rotatable bonds is 5. The Labute approximate surface area is 152 Å². The van der Waals surface area contributed by atoms with Gasteiger partial charge in [0.2, 0.25) is 0 Å². The number of hydrogen-bond donors (Lipinski definition) is 2. The molecule has 0 bridgehead atoms. The topological polar surface area (TPSA) is 71.8 Å². The highest BCUT2D eigenvalue weighted by Gasteiger charge is 2.18. The van der Waals surface area contributed by atoms with Gasteiger partial charge in [0.05, 0.1) is 12.2 Å². The molecule has 6 heteroatoms. The second-order valence-corrected chi connectivity index (χ2v) is 6.71. The second kappa shape index (κ2) is 7.66. The maximum absolute atomic E-state index is 12.4. The van der Waals surface area contributed by atoms with Crippen molar-refractivity contribution in [2.24, 2.45) is 0 Å². The Morgan fingerprint density at radius 3 is 2.85 bits per heavy atom. The van der Waals surface area contributed by atoms with Crippen molar-refractivity contribution < 1.29 is 4.79 Å². The lowest BCUT2D eigenvalue weighted by Gasteiger charge is -2.22. The molecule has 0 spiro atoms. The van der Waals surface area contributed by atoms with Gasteiger partial charge in [0.25, 0.3) is 5.91 Å². The number of amides is 1. The summed E-state index contributed by atoms with van der Waals surface area (Å²) in [6.45, 7) is 2.54. The van der Waals surface area contributed by atoms with E-state index < -0.39 is 0 Å². The van der Waals surface area contributed by atoms with Crippen LogP contribution in [0.5, 0.6) is 0 Å². The van der Waals surface area contributed by atoms with E-state index in [4.69, 9.17) is 0 Å². The van der Waals surface area contributed by atoms with Gasteiger partial charge in [-0.15, -0.1) is 5.10 Å². The number of hydrogen-bond acceptors (Lipinski definition) is 4. The first-order valence-corrected chi connectivity index (χ1v) is 9.18. The van der Waals surface area contributed by atoms with Crippen LogP contribution in [0.25, 0.3) is 10.8 Å². The van der Waals surface area contributed by atoms with Crippen molar-refractivity contribution in [2.45, 2.75) is 25.3 Å². The van der Waals surface area contributed by atoms with Crippen molar-refractivity contribution in [3.05, 3.63) is 59.9 Å². The minimum absolute atomic E-state index is 0.162. The smallest absolute Gasteiger partial charge is 0.273 e. The minimum atomic E-state index is -0.162. The Hall–Kier alpha value is -2.73. The average Bonchev–Trinajstić information content (AvgIpc) is 3.19. The zero-order valence-corrected chi connectivity index (χ0v) is 14.7. The second-order valence-electron chi connectivity index (χ2n) is 6.71. The van der Waals surface area contributed by atoms with Crippen LogP contribution in [0, 0.1) is 0 Å². The van der Waals surface area contributed by atoms with Gasteiger partial charge in [-0.1, -0.05) is 47.7 Å². The predicted octanol–water partition coefficient (Wildman–Crippen LogP) is 2.33. The number of nitrogens with zero attached hydrogens (tertiary/aromatic N) is 3. The Morgan fingerprint density at radius 2 is 1.96 bits per heavy atom. The molecule has 6 nitrogen and oxygen atoms in total. The quantitative estimate of drug-likeness (QED) is 0.742. The van der Waals surface area contributed by atoms with Crippen molar-refractivity contribution in [3.8, 4) is 0 Å². The first kappa shape index (κ1) is 16.7. The minimum Gasteiger partial charge on any atom is -0.350 e. The molecule has 2 heterocycles. The third-order valence-electron chi connectivity index (χ3n) is 4.99. The summed E-state index contributed by atoms with van der Waals surface area (Å²) < 4.78 is 1.83. The summed E-state index contributed by atoms with van der Waals surface area (Å²) in [6.07, 6.45) is 4.59. The first-order valence-electron chi connectivity index (χ1n) is 9.18. The van der Waals surface area contributed by atoms with Gasteiger partial charge in [-0.25, -0.2) is 4.68 Å². The largest absolute Gasteiger partial charge is 0.350 e. The van der Waals surface area contributed by atoms with Gasteiger partial charge in [-0.3, -0.25) is 4.79 Å². The Morgan fingerprint density at radius 1 is 1.15 bits per heavy atom. The lowest BCUT2D eigenvalue weighted by molar-refractivity contribution is 0.0949. The molecule has 1 fully saturated rings. The van der Waals surface area contributed by atoms with E-state index in [1.54, 1.807) is 6.20 Å². The van der Waals surface area contributed by atoms with E-state index in [1.807, 2.05) is 16.8 Å². The summed E-state index contributed by atoms with van der Waals surface area (Å²) in [7, 11) is 0. The normalized spacial score (nSPS) is 15.2. The van der Waals surface area contributed by atoms with Crippen LogP contribution in [0.4, 0.5) is 0 Å². The van der Waals surface area contributed by atoms with Crippen LogP contribution < -0.4 is 10.6 Å². The third-order valence-corrected chi connectivity index (χ3v) is 4.99. The van der Waals surface area contributed by atoms with Gasteiger partial charge in [0.15, 0.2) is 5.69 Å². The number of carbonyl (C=O) groups excluding carboxylic acids is 1. The summed E-state index contributed by atoms with van der Waals surface area (Å²) in [5, 5.41) is 16.9. The zero-order valence-electron chi connectivity index (χ0n) is 14.7. The molecule has 0 atom stereocenters. The van der Waals surface area contributed by atoms with Gasteiger partial charge in [-0.05, 0) is 48.7 Å². The number of fused-ring (bicyclic) bond motifs is 1. The van der Waals surface area contributed by atoms with E-state index in [-0.39, 0.29) is 5.91 Å². The van der Waals surface area contributed by atoms with Crippen LogP contribution in [-0.2, 0) is 6.42 Å². The molecule has 1 aromatic heterocycles. The molecule has 134 valence electrons. The summed E-state index contributed by atoms with van der Waals surface area (Å²) in [6, 6.07) is 14.9. The number of carbonyl (C=O) groups is 1. The van der Waals surface area contributed by atoms with E-state index >= 15 is 0 Å². The van der Waals surface area contributed by atoms with Crippen LogP contribution in [0.15, 0.2) is 48.7 Å². The molecule has 1 aliphatic rings. The number of benzene rings is 2. The lowest BCUT2D eigenvalue weighted by Crippen LogP contribution is -2.29. The van der Waals surface area contributed by atoms with Crippen molar-refractivity contribution in [2.75, 3.05) is 19.6 Å². The zero-order chi connectivity index (χ0) is 17.8. The lowest BCUT2D eigenvalue weighted by atomic mass is 10.0. The van der Waals surface area contributed by atoms with Gasteiger partial charge < -0.3 is 10.6 Å². The molecule has 4 rings (SSSR count). The summed E-state index contributed by atoms with van der Waals surface area (Å²) >= 11 is 0. The maximum Gasteiger partial charge on any atom is 0.273 e. The van der Waals surface area contributed by atoms with Crippen molar-refractivity contribution in [1.82, 2.24) is 25.6 Å². The fourth-order valence-corrected chi connectivity index (χ4v) is 3.54. The molecule has 2 aromatic carbocycles. The standard InChI is InChI=1S/C20H23N5O/c26-20(19-14-25(24-23-19)17-9-11-21-12-10-17)22-13-8-16-6-3-5-15-4-1-2-7-18(15)16/h1-7,14,17,21H,8-13H2,(H,22,26). The summed E-state index contributed by atoms with van der Waals surface area (Å²) in [4.78, 5) is 12.4. The molecule has 2 N–H and O–H groups in total. The molecule has 26 heavy (non-hydrogen) atoms. The Kier molecular flexibility index (Phi) is 4.93. The molecule has 1 aliphatic heterocycles. The molecule has 0 unspecified atom stereocenters. The van der Waals surface area contributed by atoms with Crippen LogP contribution in [0.3, 0.4) is 0 Å². The Bertz CT molecular complexity index is 893.